The molecule has 1 aromatic heterocycles. The topological polar surface area (TPSA) is 127 Å². The number of nitrogens with zero attached hydrogens (tertiary/aromatic N) is 5. The highest BCUT2D eigenvalue weighted by molar-refractivity contribution is 7.92. The average molecular weight is 357 g/mol. The molecule has 0 fully saturated rings. The third kappa shape index (κ3) is 3.48. The van der Waals surface area contributed by atoms with E-state index < -0.39 is 15.9 Å². The summed E-state index contributed by atoms with van der Waals surface area (Å²) >= 11 is 0. The van der Waals surface area contributed by atoms with E-state index in [1.54, 1.807) is 30.3 Å². The Balaban J connectivity index is 1.95. The van der Waals surface area contributed by atoms with E-state index in [0.717, 1.165) is 4.31 Å². The van der Waals surface area contributed by atoms with Crippen LogP contribution in [0.25, 0.3) is 0 Å². The largest absolute Gasteiger partial charge is 0.858 e. The molecule has 0 spiro atoms. The molecule has 0 bridgehead atoms. The molecule has 1 N–H and O–H groups in total. The number of nitrogens with one attached hydrogen (secondary N) is 1. The number of benzene rings is 2. The third-order valence-corrected chi connectivity index (χ3v) is 5.18. The third-order valence-electron chi connectivity index (χ3n) is 3.39. The van der Waals surface area contributed by atoms with Gasteiger partial charge in [0.1, 0.15) is 0 Å². The molecule has 0 atom stereocenters. The molecule has 3 rings (SSSR count). The van der Waals surface area contributed by atoms with E-state index in [1.807, 2.05) is 0 Å². The molecular weight excluding hydrogens is 344 g/mol. The van der Waals surface area contributed by atoms with Crippen LogP contribution in [0.5, 0.6) is 0 Å². The number of H-pyrrole nitrogens is 1. The van der Waals surface area contributed by atoms with Gasteiger partial charge in [-0.25, -0.2) is 13.4 Å². The normalized spacial score (nSPS) is 12.1. The number of anilines is 1. The van der Waals surface area contributed by atoms with Crippen LogP contribution in [0.4, 0.5) is 11.6 Å². The van der Waals surface area contributed by atoms with Crippen molar-refractivity contribution in [1.82, 2.24) is 20.6 Å². The lowest BCUT2D eigenvalue weighted by Crippen LogP contribution is -2.27. The minimum absolute atomic E-state index is 0.0204. The van der Waals surface area contributed by atoms with E-state index in [1.165, 1.54) is 31.3 Å². The fourth-order valence-corrected chi connectivity index (χ4v) is 3.33. The first-order valence-electron chi connectivity index (χ1n) is 7.12. The predicted molar refractivity (Wildman–Crippen MR) is 88.8 cm³/mol. The van der Waals surface area contributed by atoms with Crippen molar-refractivity contribution >= 4 is 27.6 Å². The van der Waals surface area contributed by atoms with Gasteiger partial charge in [0.05, 0.1) is 10.6 Å². The number of sulfonamides is 1. The zero-order valence-corrected chi connectivity index (χ0v) is 13.9. The lowest BCUT2D eigenvalue weighted by molar-refractivity contribution is -0.212. The molecule has 9 nitrogen and oxygen atoms in total. The van der Waals surface area contributed by atoms with Crippen LogP contribution >= 0.6 is 0 Å². The molecule has 0 aliphatic rings. The molecule has 2 aromatic carbocycles. The van der Waals surface area contributed by atoms with Crippen molar-refractivity contribution in [2.75, 3.05) is 11.4 Å². The van der Waals surface area contributed by atoms with Gasteiger partial charge in [-0.05, 0) is 40.9 Å². The van der Waals surface area contributed by atoms with Gasteiger partial charge in [-0.2, -0.15) is 5.21 Å². The highest BCUT2D eigenvalue weighted by Gasteiger charge is 2.21. The van der Waals surface area contributed by atoms with Gasteiger partial charge in [0.2, 0.25) is 0 Å². The van der Waals surface area contributed by atoms with Crippen molar-refractivity contribution in [3.63, 3.8) is 0 Å². The molecular formula is C15H13N6O3S-. The Kier molecular flexibility index (Phi) is 4.44. The van der Waals surface area contributed by atoms with Gasteiger partial charge in [0, 0.05) is 7.05 Å². The second-order valence-electron chi connectivity index (χ2n) is 4.96. The maximum atomic E-state index is 12.8. The monoisotopic (exact) mass is 357 g/mol. The highest BCUT2D eigenvalue weighted by Crippen LogP contribution is 2.22. The number of rotatable bonds is 5. The molecule has 0 saturated heterocycles. The molecule has 0 amide bonds. The molecule has 0 saturated carbocycles. The van der Waals surface area contributed by atoms with Gasteiger partial charge in [-0.1, -0.05) is 35.4 Å². The van der Waals surface area contributed by atoms with Gasteiger partial charge in [-0.3, -0.25) is 4.31 Å². The van der Waals surface area contributed by atoms with Gasteiger partial charge in [0.15, 0.2) is 0 Å². The molecule has 25 heavy (non-hydrogen) atoms. The van der Waals surface area contributed by atoms with Crippen molar-refractivity contribution in [2.24, 2.45) is 4.99 Å². The van der Waals surface area contributed by atoms with E-state index in [2.05, 4.69) is 25.6 Å². The maximum Gasteiger partial charge on any atom is 0.288 e. The number of aromatic amines is 1. The Morgan fingerprint density at radius 1 is 1.16 bits per heavy atom. The number of hydrogen-bond donors (Lipinski definition) is 1. The molecule has 10 heteroatoms. The number of aliphatic imine (C=N–C) groups is 1. The molecule has 3 aromatic rings. The first-order valence-corrected chi connectivity index (χ1v) is 8.56. The van der Waals surface area contributed by atoms with Crippen LogP contribution in [0.2, 0.25) is 0 Å². The maximum absolute atomic E-state index is 12.8. The smallest absolute Gasteiger partial charge is 0.288 e. The summed E-state index contributed by atoms with van der Waals surface area (Å²) in [5, 5.41) is 24.7. The second kappa shape index (κ2) is 6.69. The standard InChI is InChI=1S/C15H14N6O3S/c1-21(12-7-3-2-4-8-12)25(23,24)13-9-5-6-11(10-13)14(22)16-15-17-19-20-18-15/h2-10H,1H3,(H2,16,17,18,19,20,22)/p-1. The van der Waals surface area contributed by atoms with E-state index in [-0.39, 0.29) is 16.4 Å². The SMILES string of the molecule is CN(c1ccccc1)S(=O)(=O)c1cccc(C([O-])=Nc2nn[nH]n2)c1. The Morgan fingerprint density at radius 2 is 1.92 bits per heavy atom. The Hall–Kier alpha value is -3.27. The lowest BCUT2D eigenvalue weighted by atomic mass is 10.2. The van der Waals surface area contributed by atoms with Gasteiger partial charge < -0.3 is 5.11 Å². The zero-order chi connectivity index (χ0) is 17.9. The predicted octanol–water partition coefficient (Wildman–Crippen LogP) is 0.463. The quantitative estimate of drug-likeness (QED) is 0.522. The Labute approximate surface area is 143 Å². The molecule has 0 unspecified atom stereocenters. The van der Waals surface area contributed by atoms with Crippen molar-refractivity contribution < 1.29 is 13.5 Å². The van der Waals surface area contributed by atoms with E-state index in [4.69, 9.17) is 0 Å². The Morgan fingerprint density at radius 3 is 2.60 bits per heavy atom. The second-order valence-corrected chi connectivity index (χ2v) is 6.93. The van der Waals surface area contributed by atoms with Crippen molar-refractivity contribution in [3.8, 4) is 0 Å². The van der Waals surface area contributed by atoms with Crippen LogP contribution in [0.15, 0.2) is 64.5 Å². The van der Waals surface area contributed by atoms with E-state index >= 15 is 0 Å². The number of hydrogen-bond acceptors (Lipinski definition) is 7. The summed E-state index contributed by atoms with van der Waals surface area (Å²) in [6, 6.07) is 14.3. The van der Waals surface area contributed by atoms with Gasteiger partial charge in [0.25, 0.3) is 16.0 Å². The minimum Gasteiger partial charge on any atom is -0.858 e. The molecule has 0 aliphatic heterocycles. The van der Waals surface area contributed by atoms with Gasteiger partial charge >= 0.3 is 0 Å². The molecule has 0 aliphatic carbocycles. The van der Waals surface area contributed by atoms with Crippen LogP contribution in [0.3, 0.4) is 0 Å². The van der Waals surface area contributed by atoms with Crippen LogP contribution in [0.1, 0.15) is 5.56 Å². The number of aromatic nitrogens is 4. The summed E-state index contributed by atoms with van der Waals surface area (Å²) < 4.78 is 26.7. The van der Waals surface area contributed by atoms with Crippen LogP contribution in [-0.4, -0.2) is 42.0 Å². The molecule has 128 valence electrons. The van der Waals surface area contributed by atoms with Crippen LogP contribution in [-0.2, 0) is 10.0 Å². The summed E-state index contributed by atoms with van der Waals surface area (Å²) in [5.41, 5.74) is 0.614. The first kappa shape index (κ1) is 16.6. The fraction of sp³-hybridized carbons (Fsp3) is 0.0667. The summed E-state index contributed by atoms with van der Waals surface area (Å²) in [5.74, 6) is -0.791. The molecule has 1 heterocycles. The summed E-state index contributed by atoms with van der Waals surface area (Å²) in [7, 11) is -2.37. The first-order chi connectivity index (χ1) is 12.0. The van der Waals surface area contributed by atoms with Crippen molar-refractivity contribution in [1.29, 1.82) is 0 Å². The van der Waals surface area contributed by atoms with E-state index in [9.17, 15) is 13.5 Å². The average Bonchev–Trinajstić information content (AvgIpc) is 3.15. The Bertz CT molecular complexity index is 987. The summed E-state index contributed by atoms with van der Waals surface area (Å²) in [6.07, 6.45) is 0. The summed E-state index contributed by atoms with van der Waals surface area (Å²) in [4.78, 5) is 3.63. The number of para-hydroxylation sites is 1. The minimum atomic E-state index is -3.82. The van der Waals surface area contributed by atoms with E-state index in [0.29, 0.717) is 5.69 Å². The fourth-order valence-electron chi connectivity index (χ4n) is 2.08. The molecule has 0 radical (unpaired) electrons. The van der Waals surface area contributed by atoms with Crippen LogP contribution in [0, 0.1) is 0 Å². The highest BCUT2D eigenvalue weighted by atomic mass is 32.2. The van der Waals surface area contributed by atoms with Gasteiger partial charge in [-0.15, -0.1) is 5.10 Å². The number of tetrazole rings is 1. The van der Waals surface area contributed by atoms with Crippen molar-refractivity contribution in [3.05, 3.63) is 60.2 Å². The van der Waals surface area contributed by atoms with Crippen molar-refractivity contribution in [2.45, 2.75) is 4.90 Å². The lowest BCUT2D eigenvalue weighted by Gasteiger charge is -2.20. The van der Waals surface area contributed by atoms with Crippen LogP contribution < -0.4 is 9.41 Å². The summed E-state index contributed by atoms with van der Waals surface area (Å²) in [6.45, 7) is 0. The zero-order valence-electron chi connectivity index (χ0n) is 13.1.